The summed E-state index contributed by atoms with van der Waals surface area (Å²) in [5.41, 5.74) is 0.506. The van der Waals surface area contributed by atoms with Crippen LogP contribution in [0.1, 0.15) is 11.1 Å². The Kier molecular flexibility index (Phi) is 3.97. The molecule has 6 heteroatoms. The Balaban J connectivity index is 1.98. The smallest absolute Gasteiger partial charge is 0.255 e. The summed E-state index contributed by atoms with van der Waals surface area (Å²) in [7, 11) is 0. The fourth-order valence-electron chi connectivity index (χ4n) is 2.17. The van der Waals surface area contributed by atoms with Gasteiger partial charge in [0.25, 0.3) is 0 Å². The van der Waals surface area contributed by atoms with E-state index in [9.17, 15) is 13.2 Å². The lowest BCUT2D eigenvalue weighted by Gasteiger charge is -2.09. The first kappa shape index (κ1) is 15.4. The molecule has 0 bridgehead atoms. The van der Waals surface area contributed by atoms with Crippen LogP contribution in [0, 0.1) is 11.3 Å². The average molecular weight is 330 g/mol. The molecule has 0 radical (unpaired) electrons. The minimum absolute atomic E-state index is 0.518. The second-order valence-electron chi connectivity index (χ2n) is 4.75. The van der Waals surface area contributed by atoms with Crippen molar-refractivity contribution in [2.45, 2.75) is 16.0 Å². The largest absolute Gasteiger partial charge is 0.416 e. The van der Waals surface area contributed by atoms with E-state index in [0.717, 1.165) is 22.4 Å². The van der Waals surface area contributed by atoms with Gasteiger partial charge in [0.05, 0.1) is 22.7 Å². The van der Waals surface area contributed by atoms with Crippen LogP contribution in [0.3, 0.4) is 0 Å². The predicted octanol–water partition coefficient (Wildman–Crippen LogP) is 5.28. The van der Waals surface area contributed by atoms with Crippen molar-refractivity contribution < 1.29 is 13.2 Å². The number of fused-ring (bicyclic) bond motifs is 1. The quantitative estimate of drug-likeness (QED) is 0.642. The van der Waals surface area contributed by atoms with Gasteiger partial charge in [0, 0.05) is 21.4 Å². The molecule has 0 saturated carbocycles. The highest BCUT2D eigenvalue weighted by molar-refractivity contribution is 7.99. The molecule has 0 spiro atoms. The molecule has 0 amide bonds. The van der Waals surface area contributed by atoms with Gasteiger partial charge >= 0.3 is 6.18 Å². The molecule has 0 atom stereocenters. The number of nitriles is 1. The lowest BCUT2D eigenvalue weighted by Crippen LogP contribution is -2.03. The SMILES string of the molecule is N#Cc1ccc(Sc2ccc(C(F)(F)F)cc2)c2ncccc12. The van der Waals surface area contributed by atoms with Gasteiger partial charge < -0.3 is 0 Å². The van der Waals surface area contributed by atoms with E-state index in [2.05, 4.69) is 11.1 Å². The third-order valence-corrected chi connectivity index (χ3v) is 4.32. The van der Waals surface area contributed by atoms with Crippen molar-refractivity contribution in [1.29, 1.82) is 5.26 Å². The van der Waals surface area contributed by atoms with E-state index in [-0.39, 0.29) is 0 Å². The number of alkyl halides is 3. The van der Waals surface area contributed by atoms with Crippen molar-refractivity contribution in [3.05, 3.63) is 65.9 Å². The zero-order chi connectivity index (χ0) is 16.4. The number of rotatable bonds is 2. The monoisotopic (exact) mass is 330 g/mol. The number of nitrogens with zero attached hydrogens (tertiary/aromatic N) is 2. The molecule has 0 N–H and O–H groups in total. The average Bonchev–Trinajstić information content (AvgIpc) is 2.55. The summed E-state index contributed by atoms with van der Waals surface area (Å²) >= 11 is 1.32. The number of benzene rings is 2. The van der Waals surface area contributed by atoms with Crippen molar-refractivity contribution >= 4 is 22.7 Å². The molecular formula is C17H9F3N2S. The Morgan fingerprint density at radius 1 is 1.00 bits per heavy atom. The van der Waals surface area contributed by atoms with Crippen molar-refractivity contribution in [2.75, 3.05) is 0 Å². The summed E-state index contributed by atoms with van der Waals surface area (Å²) < 4.78 is 37.8. The molecule has 3 aromatic rings. The van der Waals surface area contributed by atoms with Crippen molar-refractivity contribution in [3.63, 3.8) is 0 Å². The van der Waals surface area contributed by atoms with Gasteiger partial charge in [0.1, 0.15) is 0 Å². The summed E-state index contributed by atoms with van der Waals surface area (Å²) in [6, 6.07) is 14.1. The van der Waals surface area contributed by atoms with Crippen molar-refractivity contribution in [1.82, 2.24) is 4.98 Å². The van der Waals surface area contributed by atoms with Gasteiger partial charge in [-0.1, -0.05) is 11.8 Å². The Morgan fingerprint density at radius 3 is 2.39 bits per heavy atom. The third kappa shape index (κ3) is 3.15. The molecule has 0 fully saturated rings. The van der Waals surface area contributed by atoms with Gasteiger partial charge in [0.2, 0.25) is 0 Å². The Labute approximate surface area is 134 Å². The van der Waals surface area contributed by atoms with Crippen LogP contribution in [0.2, 0.25) is 0 Å². The zero-order valence-electron chi connectivity index (χ0n) is 11.6. The maximum Gasteiger partial charge on any atom is 0.416 e. The summed E-state index contributed by atoms with van der Waals surface area (Å²) in [5, 5.41) is 9.86. The topological polar surface area (TPSA) is 36.7 Å². The normalized spacial score (nSPS) is 11.4. The molecule has 2 aromatic carbocycles. The Bertz CT molecular complexity index is 896. The fourth-order valence-corrected chi connectivity index (χ4v) is 3.09. The summed E-state index contributed by atoms with van der Waals surface area (Å²) in [6.45, 7) is 0. The van der Waals surface area contributed by atoms with Crippen LogP contribution in [0.4, 0.5) is 13.2 Å². The van der Waals surface area contributed by atoms with E-state index >= 15 is 0 Å². The lowest BCUT2D eigenvalue weighted by atomic mass is 10.1. The molecule has 0 aliphatic rings. The summed E-state index contributed by atoms with van der Waals surface area (Å²) in [4.78, 5) is 5.76. The highest BCUT2D eigenvalue weighted by Crippen LogP contribution is 2.35. The molecule has 0 unspecified atom stereocenters. The van der Waals surface area contributed by atoms with E-state index < -0.39 is 11.7 Å². The highest BCUT2D eigenvalue weighted by Gasteiger charge is 2.29. The van der Waals surface area contributed by atoms with Crippen molar-refractivity contribution in [3.8, 4) is 6.07 Å². The number of pyridine rings is 1. The van der Waals surface area contributed by atoms with Gasteiger partial charge in [0.15, 0.2) is 0 Å². The molecule has 0 aliphatic carbocycles. The van der Waals surface area contributed by atoms with Gasteiger partial charge in [-0.15, -0.1) is 0 Å². The minimum atomic E-state index is -4.34. The standard InChI is InChI=1S/C17H9F3N2S/c18-17(19,20)12-4-6-13(7-5-12)23-15-8-3-11(10-21)14-2-1-9-22-16(14)15/h1-9H. The van der Waals surface area contributed by atoms with E-state index in [1.54, 1.807) is 30.5 Å². The number of aromatic nitrogens is 1. The molecule has 2 nitrogen and oxygen atoms in total. The van der Waals surface area contributed by atoms with E-state index in [1.807, 2.05) is 0 Å². The van der Waals surface area contributed by atoms with Crippen LogP contribution in [-0.4, -0.2) is 4.98 Å². The number of halogens is 3. The molecule has 0 aliphatic heterocycles. The Hall–Kier alpha value is -2.52. The second-order valence-corrected chi connectivity index (χ2v) is 5.86. The Morgan fingerprint density at radius 2 is 1.74 bits per heavy atom. The zero-order valence-corrected chi connectivity index (χ0v) is 12.4. The molecular weight excluding hydrogens is 321 g/mol. The number of hydrogen-bond acceptors (Lipinski definition) is 3. The first-order valence-electron chi connectivity index (χ1n) is 6.62. The van der Waals surface area contributed by atoms with Crippen molar-refractivity contribution in [2.24, 2.45) is 0 Å². The van der Waals surface area contributed by atoms with Gasteiger partial charge in [-0.2, -0.15) is 18.4 Å². The van der Waals surface area contributed by atoms with Crippen LogP contribution in [-0.2, 0) is 6.18 Å². The maximum atomic E-state index is 12.6. The van der Waals surface area contributed by atoms with Gasteiger partial charge in [-0.25, -0.2) is 0 Å². The molecule has 0 saturated heterocycles. The summed E-state index contributed by atoms with van der Waals surface area (Å²) in [6.07, 6.45) is -2.72. The van der Waals surface area contributed by atoms with Gasteiger partial charge in [-0.3, -0.25) is 4.98 Å². The third-order valence-electron chi connectivity index (χ3n) is 3.26. The second kappa shape index (κ2) is 5.94. The predicted molar refractivity (Wildman–Crippen MR) is 82.0 cm³/mol. The lowest BCUT2D eigenvalue weighted by molar-refractivity contribution is -0.137. The molecule has 23 heavy (non-hydrogen) atoms. The van der Waals surface area contributed by atoms with Crippen LogP contribution in [0.15, 0.2) is 64.5 Å². The van der Waals surface area contributed by atoms with Crippen LogP contribution >= 0.6 is 11.8 Å². The van der Waals surface area contributed by atoms with E-state index in [0.29, 0.717) is 16.0 Å². The van der Waals surface area contributed by atoms with Gasteiger partial charge in [-0.05, 0) is 48.5 Å². The molecule has 1 aromatic heterocycles. The number of hydrogen-bond donors (Lipinski definition) is 0. The summed E-state index contributed by atoms with van der Waals surface area (Å²) in [5.74, 6) is 0. The van der Waals surface area contributed by atoms with E-state index in [4.69, 9.17) is 5.26 Å². The molecule has 114 valence electrons. The fraction of sp³-hybridized carbons (Fsp3) is 0.0588. The van der Waals surface area contributed by atoms with Crippen LogP contribution in [0.25, 0.3) is 10.9 Å². The first-order chi connectivity index (χ1) is 11.0. The first-order valence-corrected chi connectivity index (χ1v) is 7.43. The van der Waals surface area contributed by atoms with Crippen LogP contribution in [0.5, 0.6) is 0 Å². The minimum Gasteiger partial charge on any atom is -0.255 e. The van der Waals surface area contributed by atoms with E-state index in [1.165, 1.54) is 23.9 Å². The molecule has 3 rings (SSSR count). The highest BCUT2D eigenvalue weighted by atomic mass is 32.2. The van der Waals surface area contributed by atoms with Crippen LogP contribution < -0.4 is 0 Å². The maximum absolute atomic E-state index is 12.6. The molecule has 1 heterocycles.